The van der Waals surface area contributed by atoms with Crippen molar-refractivity contribution in [1.29, 1.82) is 0 Å². The van der Waals surface area contributed by atoms with E-state index < -0.39 is 17.6 Å². The fraction of sp³-hybridized carbons (Fsp3) is 0.625. The molecule has 124 valence electrons. The number of halogens is 4. The Morgan fingerprint density at radius 1 is 1.23 bits per heavy atom. The number of hydrogen-bond acceptors (Lipinski definition) is 2. The van der Waals surface area contributed by atoms with Gasteiger partial charge in [-0.2, -0.15) is 13.2 Å². The van der Waals surface area contributed by atoms with Crippen molar-refractivity contribution in [2.24, 2.45) is 5.92 Å². The molecule has 1 unspecified atom stereocenters. The van der Waals surface area contributed by atoms with E-state index in [9.17, 15) is 17.6 Å². The van der Waals surface area contributed by atoms with Crippen LogP contribution in [-0.4, -0.2) is 31.1 Å². The second kappa shape index (κ2) is 6.96. The molecule has 1 fully saturated rings. The average molecular weight is 318 g/mol. The van der Waals surface area contributed by atoms with Crippen molar-refractivity contribution in [3.05, 3.63) is 35.1 Å². The summed E-state index contributed by atoms with van der Waals surface area (Å²) in [5, 5.41) is 3.21. The van der Waals surface area contributed by atoms with Crippen molar-refractivity contribution in [2.75, 3.05) is 26.2 Å². The van der Waals surface area contributed by atoms with E-state index in [1.807, 2.05) is 13.8 Å². The number of rotatable bonds is 4. The molecule has 1 aromatic carbocycles. The number of hydrogen-bond donors (Lipinski definition) is 1. The zero-order chi connectivity index (χ0) is 16.3. The van der Waals surface area contributed by atoms with Gasteiger partial charge in [0.25, 0.3) is 0 Å². The zero-order valence-corrected chi connectivity index (χ0v) is 12.9. The topological polar surface area (TPSA) is 15.3 Å². The van der Waals surface area contributed by atoms with Crippen LogP contribution < -0.4 is 5.32 Å². The lowest BCUT2D eigenvalue weighted by Gasteiger charge is -2.38. The van der Waals surface area contributed by atoms with Gasteiger partial charge in [0.2, 0.25) is 0 Å². The molecule has 0 spiro atoms. The standard InChI is InChI=1S/C16H22F4N2/c1-3-11(2)15(22-8-6-21-7-9-22)13-10-12(16(18,19)20)4-5-14(13)17/h4-5,10-11,15,21H,3,6-9H2,1-2H3/t11?,15-/m1/s1. The average Bonchev–Trinajstić information content (AvgIpc) is 2.49. The Morgan fingerprint density at radius 3 is 2.41 bits per heavy atom. The minimum atomic E-state index is -4.45. The first-order chi connectivity index (χ1) is 10.3. The SMILES string of the molecule is CCC(C)[C@H](c1cc(C(F)(F)F)ccc1F)N1CCNCC1. The Balaban J connectivity index is 2.41. The van der Waals surface area contributed by atoms with Crippen LogP contribution in [0.3, 0.4) is 0 Å². The smallest absolute Gasteiger partial charge is 0.314 e. The van der Waals surface area contributed by atoms with E-state index in [1.54, 1.807) is 0 Å². The van der Waals surface area contributed by atoms with Crippen molar-refractivity contribution in [2.45, 2.75) is 32.5 Å². The molecule has 1 aliphatic heterocycles. The van der Waals surface area contributed by atoms with Gasteiger partial charge in [-0.25, -0.2) is 4.39 Å². The summed E-state index contributed by atoms with van der Waals surface area (Å²) < 4.78 is 53.1. The van der Waals surface area contributed by atoms with Crippen LogP contribution in [0.5, 0.6) is 0 Å². The summed E-state index contributed by atoms with van der Waals surface area (Å²) in [7, 11) is 0. The third kappa shape index (κ3) is 3.79. The Morgan fingerprint density at radius 2 is 1.86 bits per heavy atom. The number of nitrogens with one attached hydrogen (secondary N) is 1. The van der Waals surface area contributed by atoms with Crippen LogP contribution >= 0.6 is 0 Å². The molecule has 1 aromatic rings. The molecule has 22 heavy (non-hydrogen) atoms. The van der Waals surface area contributed by atoms with Crippen LogP contribution in [0.1, 0.15) is 37.4 Å². The Hall–Kier alpha value is -1.14. The van der Waals surface area contributed by atoms with Crippen LogP contribution in [0.4, 0.5) is 17.6 Å². The van der Waals surface area contributed by atoms with Crippen LogP contribution in [0.2, 0.25) is 0 Å². The molecule has 0 aliphatic carbocycles. The first-order valence-corrected chi connectivity index (χ1v) is 7.66. The van der Waals surface area contributed by atoms with Crippen LogP contribution in [0, 0.1) is 11.7 Å². The highest BCUT2D eigenvalue weighted by Gasteiger charge is 2.34. The van der Waals surface area contributed by atoms with E-state index in [-0.39, 0.29) is 17.5 Å². The molecular weight excluding hydrogens is 296 g/mol. The van der Waals surface area contributed by atoms with Crippen LogP contribution in [0.15, 0.2) is 18.2 Å². The highest BCUT2D eigenvalue weighted by Crippen LogP contribution is 2.37. The van der Waals surface area contributed by atoms with Crippen LogP contribution in [-0.2, 0) is 6.18 Å². The second-order valence-corrected chi connectivity index (χ2v) is 5.85. The molecule has 2 rings (SSSR count). The van der Waals surface area contributed by atoms with Crippen molar-refractivity contribution >= 4 is 0 Å². The first kappa shape index (κ1) is 17.2. The Labute approximate surface area is 128 Å². The normalized spacial score (nSPS) is 19.9. The first-order valence-electron chi connectivity index (χ1n) is 7.66. The molecule has 2 nitrogen and oxygen atoms in total. The second-order valence-electron chi connectivity index (χ2n) is 5.85. The van der Waals surface area contributed by atoms with E-state index in [2.05, 4.69) is 10.2 Å². The van der Waals surface area contributed by atoms with Gasteiger partial charge < -0.3 is 5.32 Å². The molecule has 1 saturated heterocycles. The van der Waals surface area contributed by atoms with Gasteiger partial charge in [-0.15, -0.1) is 0 Å². The van der Waals surface area contributed by atoms with Gasteiger partial charge in [-0.3, -0.25) is 4.90 Å². The van der Waals surface area contributed by atoms with Gasteiger partial charge in [-0.1, -0.05) is 20.3 Å². The number of nitrogens with zero attached hydrogens (tertiary/aromatic N) is 1. The predicted octanol–water partition coefficient (Wildman–Crippen LogP) is 3.84. The molecular formula is C16H22F4N2. The molecule has 0 radical (unpaired) electrons. The van der Waals surface area contributed by atoms with Crippen molar-refractivity contribution in [3.63, 3.8) is 0 Å². The molecule has 0 amide bonds. The number of benzene rings is 1. The summed E-state index contributed by atoms with van der Waals surface area (Å²) in [6.45, 7) is 6.91. The van der Waals surface area contributed by atoms with Gasteiger partial charge >= 0.3 is 6.18 Å². The predicted molar refractivity (Wildman–Crippen MR) is 78.0 cm³/mol. The van der Waals surface area contributed by atoms with E-state index in [0.717, 1.165) is 37.7 Å². The lowest BCUT2D eigenvalue weighted by Crippen LogP contribution is -2.46. The minimum Gasteiger partial charge on any atom is -0.314 e. The highest BCUT2D eigenvalue weighted by molar-refractivity contribution is 5.30. The maximum Gasteiger partial charge on any atom is 0.416 e. The summed E-state index contributed by atoms with van der Waals surface area (Å²) >= 11 is 0. The molecule has 2 atom stereocenters. The Bertz CT molecular complexity index is 495. The van der Waals surface area contributed by atoms with E-state index in [1.165, 1.54) is 0 Å². The van der Waals surface area contributed by atoms with Crippen molar-refractivity contribution < 1.29 is 17.6 Å². The molecule has 6 heteroatoms. The van der Waals surface area contributed by atoms with Crippen LogP contribution in [0.25, 0.3) is 0 Å². The van der Waals surface area contributed by atoms with E-state index in [0.29, 0.717) is 13.1 Å². The van der Waals surface area contributed by atoms with Gasteiger partial charge in [0, 0.05) is 37.8 Å². The van der Waals surface area contributed by atoms with Gasteiger partial charge in [0.05, 0.1) is 5.56 Å². The van der Waals surface area contributed by atoms with Crippen molar-refractivity contribution in [1.82, 2.24) is 10.2 Å². The monoisotopic (exact) mass is 318 g/mol. The summed E-state index contributed by atoms with van der Waals surface area (Å²) in [6, 6.07) is 2.41. The highest BCUT2D eigenvalue weighted by atomic mass is 19.4. The third-order valence-corrected chi connectivity index (χ3v) is 4.37. The van der Waals surface area contributed by atoms with Gasteiger partial charge in [0.1, 0.15) is 5.82 Å². The summed E-state index contributed by atoms with van der Waals surface area (Å²) in [6.07, 6.45) is -3.67. The fourth-order valence-corrected chi connectivity index (χ4v) is 2.99. The lowest BCUT2D eigenvalue weighted by atomic mass is 9.89. The van der Waals surface area contributed by atoms with Crippen molar-refractivity contribution in [3.8, 4) is 0 Å². The quantitative estimate of drug-likeness (QED) is 0.849. The maximum absolute atomic E-state index is 14.2. The Kier molecular flexibility index (Phi) is 5.45. The number of alkyl halides is 3. The van der Waals surface area contributed by atoms with E-state index in [4.69, 9.17) is 0 Å². The third-order valence-electron chi connectivity index (χ3n) is 4.37. The maximum atomic E-state index is 14.2. The minimum absolute atomic E-state index is 0.0797. The van der Waals surface area contributed by atoms with Gasteiger partial charge in [0.15, 0.2) is 0 Å². The zero-order valence-electron chi connectivity index (χ0n) is 12.9. The molecule has 1 aliphatic rings. The summed E-state index contributed by atoms with van der Waals surface area (Å²) in [5.74, 6) is -0.479. The lowest BCUT2D eigenvalue weighted by molar-refractivity contribution is -0.137. The van der Waals surface area contributed by atoms with E-state index >= 15 is 0 Å². The molecule has 0 bridgehead atoms. The molecule has 0 saturated carbocycles. The molecule has 0 aromatic heterocycles. The molecule has 1 N–H and O–H groups in total. The van der Waals surface area contributed by atoms with Gasteiger partial charge in [-0.05, 0) is 24.1 Å². The summed E-state index contributed by atoms with van der Waals surface area (Å²) in [4.78, 5) is 2.09. The summed E-state index contributed by atoms with van der Waals surface area (Å²) in [5.41, 5.74) is -0.626. The molecule has 1 heterocycles. The largest absolute Gasteiger partial charge is 0.416 e. The number of piperazine rings is 1. The fourth-order valence-electron chi connectivity index (χ4n) is 2.99.